The lowest BCUT2D eigenvalue weighted by Gasteiger charge is -2.27. The summed E-state index contributed by atoms with van der Waals surface area (Å²) in [5.74, 6) is 0. The maximum Gasteiger partial charge on any atom is 0.160 e. The number of pyridine rings is 1. The van der Waals surface area contributed by atoms with Gasteiger partial charge >= 0.3 is 0 Å². The molecule has 154 valence electrons. The van der Waals surface area contributed by atoms with Gasteiger partial charge in [0.25, 0.3) is 0 Å². The van der Waals surface area contributed by atoms with Crippen LogP contribution in [0.5, 0.6) is 0 Å². The van der Waals surface area contributed by atoms with Gasteiger partial charge in [-0.3, -0.25) is 9.98 Å². The van der Waals surface area contributed by atoms with Crippen molar-refractivity contribution in [1.82, 2.24) is 14.5 Å². The molecule has 0 N–H and O–H groups in total. The minimum Gasteiger partial charge on any atom is -0.341 e. The minimum atomic E-state index is 0.0365. The highest BCUT2D eigenvalue weighted by Crippen LogP contribution is 2.48. The second-order valence-corrected chi connectivity index (χ2v) is 10.1. The van der Waals surface area contributed by atoms with Crippen molar-refractivity contribution in [2.45, 2.75) is 52.0 Å². The summed E-state index contributed by atoms with van der Waals surface area (Å²) in [6.45, 7) is 12.1. The van der Waals surface area contributed by atoms with Crippen molar-refractivity contribution in [2.75, 3.05) is 6.54 Å². The Bertz CT molecular complexity index is 1110. The first-order valence-electron chi connectivity index (χ1n) is 10.6. The van der Waals surface area contributed by atoms with E-state index in [1.165, 1.54) is 38.9 Å². The number of aliphatic imine (C=N–C) groups is 1. The number of benzene rings is 1. The average Bonchev–Trinajstić information content (AvgIpc) is 3.31. The molecule has 0 saturated carbocycles. The van der Waals surface area contributed by atoms with Gasteiger partial charge in [0.15, 0.2) is 5.17 Å². The third kappa shape index (κ3) is 3.16. The molecule has 5 rings (SSSR count). The molecule has 4 nitrogen and oxygen atoms in total. The summed E-state index contributed by atoms with van der Waals surface area (Å²) < 4.78 is 2.40. The molecule has 0 radical (unpaired) electrons. The van der Waals surface area contributed by atoms with E-state index in [-0.39, 0.29) is 12.1 Å². The first-order valence-corrected chi connectivity index (χ1v) is 11.5. The standard InChI is InChI=1S/C25H28N4S/c1-15-10-16(2)12-20(11-15)29-17(3)13-21(19(29)5)24-23(22-8-6-7-9-26-22)27-25-28(24)14-18(4)30-25/h6-13,18,23-24H,14H2,1-5H3/t18-,23+,24-/m1/s1. The van der Waals surface area contributed by atoms with Crippen molar-refractivity contribution in [1.29, 1.82) is 0 Å². The monoisotopic (exact) mass is 416 g/mol. The van der Waals surface area contributed by atoms with Gasteiger partial charge in [0.05, 0.1) is 11.7 Å². The minimum absolute atomic E-state index is 0.0365. The number of hydrogen-bond acceptors (Lipinski definition) is 4. The predicted molar refractivity (Wildman–Crippen MR) is 126 cm³/mol. The Morgan fingerprint density at radius 1 is 1.00 bits per heavy atom. The number of rotatable bonds is 3. The summed E-state index contributed by atoms with van der Waals surface area (Å²) >= 11 is 1.89. The number of amidine groups is 1. The Hall–Kier alpha value is -2.53. The Morgan fingerprint density at radius 2 is 1.77 bits per heavy atom. The quantitative estimate of drug-likeness (QED) is 0.549. The molecule has 0 unspecified atom stereocenters. The fourth-order valence-corrected chi connectivity index (χ4v) is 6.11. The maximum atomic E-state index is 5.14. The van der Waals surface area contributed by atoms with Gasteiger partial charge in [0, 0.05) is 35.1 Å². The van der Waals surface area contributed by atoms with Crippen LogP contribution in [0, 0.1) is 27.7 Å². The third-order valence-electron chi connectivity index (χ3n) is 6.13. The molecule has 1 aromatic carbocycles. The molecule has 3 atom stereocenters. The van der Waals surface area contributed by atoms with Gasteiger partial charge in [-0.2, -0.15) is 0 Å². The van der Waals surface area contributed by atoms with Gasteiger partial charge < -0.3 is 9.47 Å². The molecule has 30 heavy (non-hydrogen) atoms. The number of hydrogen-bond donors (Lipinski definition) is 0. The first-order chi connectivity index (χ1) is 14.4. The van der Waals surface area contributed by atoms with E-state index in [1.807, 2.05) is 24.0 Å². The largest absolute Gasteiger partial charge is 0.341 e. The lowest BCUT2D eigenvalue weighted by Crippen LogP contribution is -2.28. The van der Waals surface area contributed by atoms with E-state index < -0.39 is 0 Å². The summed E-state index contributed by atoms with van der Waals surface area (Å²) in [4.78, 5) is 12.3. The SMILES string of the molecule is Cc1cc(C)cc(-n2c(C)cc([C@@H]3[C@H](c4ccccn4)N=C4S[C@H](C)CN43)c2C)c1. The van der Waals surface area contributed by atoms with E-state index >= 15 is 0 Å². The summed E-state index contributed by atoms with van der Waals surface area (Å²) in [5.41, 5.74) is 8.80. The zero-order valence-electron chi connectivity index (χ0n) is 18.3. The Balaban J connectivity index is 1.63. The van der Waals surface area contributed by atoms with Crippen molar-refractivity contribution in [2.24, 2.45) is 4.99 Å². The molecule has 0 aliphatic carbocycles. The molecule has 1 saturated heterocycles. The highest BCUT2D eigenvalue weighted by Gasteiger charge is 2.44. The van der Waals surface area contributed by atoms with Crippen LogP contribution >= 0.6 is 11.8 Å². The molecular formula is C25H28N4S. The highest BCUT2D eigenvalue weighted by atomic mass is 32.2. The van der Waals surface area contributed by atoms with Crippen LogP contribution in [0.4, 0.5) is 0 Å². The zero-order chi connectivity index (χ0) is 21.0. The Labute approximate surface area is 183 Å². The highest BCUT2D eigenvalue weighted by molar-refractivity contribution is 8.14. The average molecular weight is 417 g/mol. The van der Waals surface area contributed by atoms with Crippen LogP contribution < -0.4 is 0 Å². The molecule has 1 fully saturated rings. The molecule has 2 aromatic heterocycles. The van der Waals surface area contributed by atoms with Crippen molar-refractivity contribution in [3.8, 4) is 5.69 Å². The van der Waals surface area contributed by atoms with Crippen LogP contribution in [0.15, 0.2) is 53.7 Å². The third-order valence-corrected chi connectivity index (χ3v) is 7.24. The second-order valence-electron chi connectivity index (χ2n) is 8.64. The number of aromatic nitrogens is 2. The van der Waals surface area contributed by atoms with Crippen molar-refractivity contribution in [3.05, 3.63) is 82.4 Å². The second kappa shape index (κ2) is 7.31. The van der Waals surface area contributed by atoms with Crippen LogP contribution in [-0.2, 0) is 0 Å². The Morgan fingerprint density at radius 3 is 2.47 bits per heavy atom. The van der Waals surface area contributed by atoms with Crippen molar-refractivity contribution in [3.63, 3.8) is 0 Å². The molecule has 4 heterocycles. The van der Waals surface area contributed by atoms with Gasteiger partial charge in [0.1, 0.15) is 6.04 Å². The molecule has 2 aliphatic rings. The Kier molecular flexibility index (Phi) is 4.73. The van der Waals surface area contributed by atoms with E-state index in [4.69, 9.17) is 4.99 Å². The van der Waals surface area contributed by atoms with Crippen molar-refractivity contribution < 1.29 is 0 Å². The fraction of sp³-hybridized carbons (Fsp3) is 0.360. The van der Waals surface area contributed by atoms with Gasteiger partial charge in [-0.1, -0.05) is 30.8 Å². The van der Waals surface area contributed by atoms with Crippen LogP contribution in [0.2, 0.25) is 0 Å². The number of aryl methyl sites for hydroxylation is 3. The molecule has 0 spiro atoms. The van der Waals surface area contributed by atoms with E-state index in [0.717, 1.165) is 12.2 Å². The zero-order valence-corrected chi connectivity index (χ0v) is 19.1. The predicted octanol–water partition coefficient (Wildman–Crippen LogP) is 5.70. The van der Waals surface area contributed by atoms with Crippen LogP contribution in [0.25, 0.3) is 5.69 Å². The van der Waals surface area contributed by atoms with Gasteiger partial charge in [-0.15, -0.1) is 0 Å². The van der Waals surface area contributed by atoms with Gasteiger partial charge in [-0.25, -0.2) is 0 Å². The summed E-state index contributed by atoms with van der Waals surface area (Å²) in [6.07, 6.45) is 1.88. The van der Waals surface area contributed by atoms with E-state index in [2.05, 4.69) is 85.5 Å². The normalized spacial score (nSPS) is 23.0. The lowest BCUT2D eigenvalue weighted by molar-refractivity contribution is 0.320. The number of thioether (sulfide) groups is 1. The van der Waals surface area contributed by atoms with Gasteiger partial charge in [-0.05, 0) is 74.7 Å². The first kappa shape index (κ1) is 19.4. The van der Waals surface area contributed by atoms with Crippen LogP contribution in [0.1, 0.15) is 52.8 Å². The van der Waals surface area contributed by atoms with E-state index in [1.54, 1.807) is 0 Å². The van der Waals surface area contributed by atoms with Crippen LogP contribution in [-0.4, -0.2) is 31.4 Å². The lowest BCUT2D eigenvalue weighted by atomic mass is 9.96. The molecule has 2 aliphatic heterocycles. The van der Waals surface area contributed by atoms with E-state index in [0.29, 0.717) is 5.25 Å². The molecule has 0 bridgehead atoms. The summed E-state index contributed by atoms with van der Waals surface area (Å²) in [7, 11) is 0. The maximum absolute atomic E-state index is 5.14. The number of nitrogens with zero attached hydrogens (tertiary/aromatic N) is 4. The molecule has 0 amide bonds. The topological polar surface area (TPSA) is 33.4 Å². The van der Waals surface area contributed by atoms with Gasteiger partial charge in [0.2, 0.25) is 0 Å². The van der Waals surface area contributed by atoms with E-state index in [9.17, 15) is 0 Å². The molecule has 3 aromatic rings. The fourth-order valence-electron chi connectivity index (χ4n) is 5.02. The smallest absolute Gasteiger partial charge is 0.160 e. The number of fused-ring (bicyclic) bond motifs is 1. The summed E-state index contributed by atoms with van der Waals surface area (Å²) in [5, 5.41) is 1.73. The molecule has 5 heteroatoms. The molecular weight excluding hydrogens is 388 g/mol. The van der Waals surface area contributed by atoms with Crippen LogP contribution in [0.3, 0.4) is 0 Å². The summed E-state index contributed by atoms with van der Waals surface area (Å²) in [6, 6.07) is 15.5. The van der Waals surface area contributed by atoms with Crippen molar-refractivity contribution >= 4 is 16.9 Å².